The summed E-state index contributed by atoms with van der Waals surface area (Å²) in [6, 6.07) is 3.56. The van der Waals surface area contributed by atoms with Crippen molar-refractivity contribution in [1.29, 1.82) is 0 Å². The van der Waals surface area contributed by atoms with Gasteiger partial charge in [0.05, 0.1) is 16.4 Å². The number of carboxylic acids is 1. The minimum atomic E-state index is -3.92. The number of aliphatic carboxylic acids is 1. The van der Waals surface area contributed by atoms with E-state index in [9.17, 15) is 23.3 Å². The smallest absolute Gasteiger partial charge is 0.329 e. The number of ether oxygens (including phenoxy) is 1. The molecule has 0 saturated heterocycles. The molecule has 0 aliphatic rings. The number of nitrogens with zero attached hydrogens (tertiary/aromatic N) is 1. The van der Waals surface area contributed by atoms with Gasteiger partial charge in [0.15, 0.2) is 0 Å². The van der Waals surface area contributed by atoms with Crippen molar-refractivity contribution in [2.45, 2.75) is 11.8 Å². The fourth-order valence-corrected chi connectivity index (χ4v) is 2.48. The van der Waals surface area contributed by atoms with Gasteiger partial charge in [0, 0.05) is 18.2 Å². The van der Waals surface area contributed by atoms with Crippen LogP contribution in [-0.4, -0.2) is 44.2 Å². The number of nitro groups is 1. The minimum absolute atomic E-state index is 0.126. The van der Waals surface area contributed by atoms with E-state index >= 15 is 0 Å². The maximum absolute atomic E-state index is 11.9. The van der Waals surface area contributed by atoms with Crippen molar-refractivity contribution in [1.82, 2.24) is 4.72 Å². The Balaban J connectivity index is 2.72. The lowest BCUT2D eigenvalue weighted by atomic mass is 10.2. The lowest BCUT2D eigenvalue weighted by Crippen LogP contribution is -2.28. The summed E-state index contributed by atoms with van der Waals surface area (Å²) in [5.41, 5.74) is 0.0590. The highest BCUT2D eigenvalue weighted by Gasteiger charge is 2.19. The second kappa shape index (κ2) is 7.11. The van der Waals surface area contributed by atoms with Crippen molar-refractivity contribution in [2.75, 3.05) is 19.8 Å². The molecule has 0 heterocycles. The Morgan fingerprint density at radius 1 is 1.48 bits per heavy atom. The first-order valence-corrected chi connectivity index (χ1v) is 7.26. The number of benzene rings is 1. The third-order valence-corrected chi connectivity index (χ3v) is 3.91. The molecule has 0 unspecified atom stereocenters. The van der Waals surface area contributed by atoms with E-state index in [0.29, 0.717) is 5.56 Å². The van der Waals surface area contributed by atoms with Crippen LogP contribution in [0.25, 0.3) is 0 Å². The number of sulfonamides is 1. The molecule has 0 fully saturated rings. The number of carboxylic acid groups (broad SMARTS) is 1. The molecule has 0 aliphatic heterocycles. The molecule has 0 amide bonds. The highest BCUT2D eigenvalue weighted by atomic mass is 32.2. The second-order valence-corrected chi connectivity index (χ2v) is 5.82. The molecule has 1 rings (SSSR count). The van der Waals surface area contributed by atoms with Gasteiger partial charge in [-0.1, -0.05) is 6.07 Å². The van der Waals surface area contributed by atoms with E-state index in [0.717, 1.165) is 6.07 Å². The van der Waals surface area contributed by atoms with Gasteiger partial charge in [-0.05, 0) is 13.0 Å². The molecule has 0 bridgehead atoms. The average molecular weight is 318 g/mol. The SMILES string of the molecule is Cc1ccc(S(=O)(=O)NCCOCC(=O)O)cc1[N+](=O)[O-]. The lowest BCUT2D eigenvalue weighted by Gasteiger charge is -2.07. The minimum Gasteiger partial charge on any atom is -0.480 e. The Labute approximate surface area is 120 Å². The molecule has 0 aromatic heterocycles. The molecule has 116 valence electrons. The second-order valence-electron chi connectivity index (χ2n) is 4.05. The van der Waals surface area contributed by atoms with Gasteiger partial charge in [0.1, 0.15) is 6.61 Å². The Bertz CT molecular complexity index is 642. The maximum Gasteiger partial charge on any atom is 0.329 e. The van der Waals surface area contributed by atoms with Gasteiger partial charge < -0.3 is 9.84 Å². The molecule has 0 radical (unpaired) electrons. The summed E-state index contributed by atoms with van der Waals surface area (Å²) in [7, 11) is -3.92. The van der Waals surface area contributed by atoms with Crippen LogP contribution in [0.2, 0.25) is 0 Å². The van der Waals surface area contributed by atoms with E-state index in [-0.39, 0.29) is 23.7 Å². The Morgan fingerprint density at radius 3 is 2.71 bits per heavy atom. The zero-order valence-corrected chi connectivity index (χ0v) is 11.9. The third kappa shape index (κ3) is 5.10. The van der Waals surface area contributed by atoms with Crippen LogP contribution in [0.5, 0.6) is 0 Å². The fraction of sp³-hybridized carbons (Fsp3) is 0.364. The van der Waals surface area contributed by atoms with E-state index in [1.807, 2.05) is 0 Å². The summed E-state index contributed by atoms with van der Waals surface area (Å²) in [5, 5.41) is 19.1. The predicted molar refractivity (Wildman–Crippen MR) is 71.5 cm³/mol. The van der Waals surface area contributed by atoms with Crippen LogP contribution in [0.4, 0.5) is 5.69 Å². The topological polar surface area (TPSA) is 136 Å². The van der Waals surface area contributed by atoms with Crippen molar-refractivity contribution in [2.24, 2.45) is 0 Å². The molecular formula is C11H14N2O7S. The van der Waals surface area contributed by atoms with Gasteiger partial charge in [-0.2, -0.15) is 0 Å². The van der Waals surface area contributed by atoms with Gasteiger partial charge in [0.25, 0.3) is 5.69 Å². The molecule has 2 N–H and O–H groups in total. The van der Waals surface area contributed by atoms with Crippen molar-refractivity contribution < 1.29 is 28.0 Å². The third-order valence-electron chi connectivity index (χ3n) is 2.45. The Morgan fingerprint density at radius 2 is 2.14 bits per heavy atom. The molecule has 9 nitrogen and oxygen atoms in total. The lowest BCUT2D eigenvalue weighted by molar-refractivity contribution is -0.385. The Kier molecular flexibility index (Phi) is 5.76. The zero-order valence-electron chi connectivity index (χ0n) is 11.1. The van der Waals surface area contributed by atoms with E-state index in [4.69, 9.17) is 5.11 Å². The number of carbonyl (C=O) groups is 1. The molecule has 0 aliphatic carbocycles. The number of aryl methyl sites for hydroxylation is 1. The normalized spacial score (nSPS) is 11.3. The Hall–Kier alpha value is -2.04. The monoisotopic (exact) mass is 318 g/mol. The van der Waals surface area contributed by atoms with Gasteiger partial charge in [-0.15, -0.1) is 0 Å². The number of rotatable bonds is 8. The summed E-state index contributed by atoms with van der Waals surface area (Å²) in [6.07, 6.45) is 0. The van der Waals surface area contributed by atoms with Crippen LogP contribution in [0, 0.1) is 17.0 Å². The number of hydrogen-bond acceptors (Lipinski definition) is 6. The molecule has 1 aromatic rings. The highest BCUT2D eigenvalue weighted by Crippen LogP contribution is 2.21. The first kappa shape index (κ1) is 17.0. The number of hydrogen-bond donors (Lipinski definition) is 2. The first-order chi connectivity index (χ1) is 9.74. The maximum atomic E-state index is 11.9. The van der Waals surface area contributed by atoms with Crippen molar-refractivity contribution >= 4 is 21.7 Å². The van der Waals surface area contributed by atoms with E-state index in [1.54, 1.807) is 0 Å². The highest BCUT2D eigenvalue weighted by molar-refractivity contribution is 7.89. The summed E-state index contributed by atoms with van der Waals surface area (Å²) in [5.74, 6) is -1.16. The van der Waals surface area contributed by atoms with Gasteiger partial charge in [-0.25, -0.2) is 17.9 Å². The van der Waals surface area contributed by atoms with Crippen molar-refractivity contribution in [3.05, 3.63) is 33.9 Å². The average Bonchev–Trinajstić information content (AvgIpc) is 2.37. The van der Waals surface area contributed by atoms with Gasteiger partial charge in [0.2, 0.25) is 10.0 Å². The van der Waals surface area contributed by atoms with E-state index in [1.165, 1.54) is 19.1 Å². The molecule has 21 heavy (non-hydrogen) atoms. The van der Waals surface area contributed by atoms with Crippen LogP contribution < -0.4 is 4.72 Å². The van der Waals surface area contributed by atoms with E-state index in [2.05, 4.69) is 9.46 Å². The van der Waals surface area contributed by atoms with Gasteiger partial charge in [-0.3, -0.25) is 10.1 Å². The molecule has 1 aromatic carbocycles. The van der Waals surface area contributed by atoms with Crippen LogP contribution >= 0.6 is 0 Å². The van der Waals surface area contributed by atoms with Gasteiger partial charge >= 0.3 is 5.97 Å². The van der Waals surface area contributed by atoms with Crippen molar-refractivity contribution in [3.8, 4) is 0 Å². The molecule has 10 heteroatoms. The summed E-state index contributed by atoms with van der Waals surface area (Å²) >= 11 is 0. The van der Waals surface area contributed by atoms with Crippen LogP contribution in [0.3, 0.4) is 0 Å². The number of nitrogens with one attached hydrogen (secondary N) is 1. The molecule has 0 atom stereocenters. The predicted octanol–water partition coefficient (Wildman–Crippen LogP) is 0.283. The summed E-state index contributed by atoms with van der Waals surface area (Å²) in [4.78, 5) is 20.1. The fourth-order valence-electron chi connectivity index (χ4n) is 1.44. The molecular weight excluding hydrogens is 304 g/mol. The van der Waals surface area contributed by atoms with Crippen LogP contribution in [0.1, 0.15) is 5.56 Å². The quantitative estimate of drug-likeness (QED) is 0.399. The van der Waals surface area contributed by atoms with E-state index < -0.39 is 27.5 Å². The number of nitro benzene ring substituents is 1. The van der Waals surface area contributed by atoms with Crippen molar-refractivity contribution in [3.63, 3.8) is 0 Å². The summed E-state index contributed by atoms with van der Waals surface area (Å²) in [6.45, 7) is 0.705. The molecule has 0 spiro atoms. The van der Waals surface area contributed by atoms with Crippen LogP contribution in [0.15, 0.2) is 23.1 Å². The first-order valence-electron chi connectivity index (χ1n) is 5.78. The standard InChI is InChI=1S/C11H14N2O7S/c1-8-2-3-9(6-10(8)13(16)17)21(18,19)12-4-5-20-7-11(14)15/h2-3,6,12H,4-5,7H2,1H3,(H,14,15). The molecule has 0 saturated carbocycles. The summed E-state index contributed by atoms with van der Waals surface area (Å²) < 4.78 is 30.7. The zero-order chi connectivity index (χ0) is 16.0. The van der Waals surface area contributed by atoms with Crippen LogP contribution in [-0.2, 0) is 19.6 Å². The largest absolute Gasteiger partial charge is 0.480 e.